The summed E-state index contributed by atoms with van der Waals surface area (Å²) >= 11 is 0. The lowest BCUT2D eigenvalue weighted by atomic mass is 9.97. The second-order valence-corrected chi connectivity index (χ2v) is 8.11. The maximum atomic E-state index is 12.2. The number of carbonyl (C=O) groups is 3. The van der Waals surface area contributed by atoms with Crippen LogP contribution in [-0.2, 0) is 25.6 Å². The van der Waals surface area contributed by atoms with Crippen LogP contribution in [-0.4, -0.2) is 72.6 Å². The van der Waals surface area contributed by atoms with Gasteiger partial charge in [0.2, 0.25) is 5.88 Å². The molecule has 1 fully saturated rings. The third-order valence-electron chi connectivity index (χ3n) is 5.71. The number of esters is 2. The number of nitrogens with zero attached hydrogens (tertiary/aromatic N) is 3. The third kappa shape index (κ3) is 7.39. The molecule has 0 bridgehead atoms. The van der Waals surface area contributed by atoms with Crippen molar-refractivity contribution in [3.63, 3.8) is 0 Å². The van der Waals surface area contributed by atoms with Crippen LogP contribution < -0.4 is 10.1 Å². The van der Waals surface area contributed by atoms with Crippen molar-refractivity contribution in [2.75, 3.05) is 39.9 Å². The van der Waals surface area contributed by atoms with E-state index in [1.807, 2.05) is 25.1 Å². The molecule has 2 heterocycles. The second kappa shape index (κ2) is 12.9. The number of ether oxygens (including phenoxy) is 3. The van der Waals surface area contributed by atoms with Gasteiger partial charge in [-0.3, -0.25) is 0 Å². The molecular weight excluding hydrogens is 440 g/mol. The highest BCUT2D eigenvalue weighted by atomic mass is 16.6. The molecule has 0 saturated carbocycles. The van der Waals surface area contributed by atoms with E-state index in [0.717, 1.165) is 57.7 Å². The number of piperidine rings is 1. The molecule has 34 heavy (non-hydrogen) atoms. The van der Waals surface area contributed by atoms with Crippen molar-refractivity contribution in [2.45, 2.75) is 32.7 Å². The summed E-state index contributed by atoms with van der Waals surface area (Å²) in [4.78, 5) is 38.4. The average Bonchev–Trinajstić information content (AvgIpc) is 3.20. The molecule has 10 heteroatoms. The SMILES string of the molecule is CCn1nc2ccccc2c1OC(=O)/C=C/C(=O)OC(=O)NCC1CCN(CCCOC)CC1. The van der Waals surface area contributed by atoms with E-state index in [-0.39, 0.29) is 0 Å². The minimum Gasteiger partial charge on any atom is -0.404 e. The highest BCUT2D eigenvalue weighted by Crippen LogP contribution is 2.25. The van der Waals surface area contributed by atoms with Gasteiger partial charge in [-0.25, -0.2) is 19.1 Å². The van der Waals surface area contributed by atoms with Gasteiger partial charge in [0.1, 0.15) is 0 Å². The fraction of sp³-hybridized carbons (Fsp3) is 0.500. The van der Waals surface area contributed by atoms with Crippen molar-refractivity contribution in [3.8, 4) is 5.88 Å². The zero-order chi connectivity index (χ0) is 24.3. The van der Waals surface area contributed by atoms with Crippen molar-refractivity contribution in [1.29, 1.82) is 0 Å². The number of likely N-dealkylation sites (tertiary alicyclic amines) is 1. The molecule has 3 rings (SSSR count). The molecule has 184 valence electrons. The first kappa shape index (κ1) is 25.4. The van der Waals surface area contributed by atoms with E-state index in [0.29, 0.717) is 35.8 Å². The smallest absolute Gasteiger partial charge is 0.404 e. The number of hydrogen-bond donors (Lipinski definition) is 1. The zero-order valence-corrected chi connectivity index (χ0v) is 19.7. The predicted molar refractivity (Wildman–Crippen MR) is 125 cm³/mol. The molecule has 1 aliphatic heterocycles. The molecule has 2 aromatic rings. The Bertz CT molecular complexity index is 1010. The number of rotatable bonds is 10. The Morgan fingerprint density at radius 2 is 1.88 bits per heavy atom. The van der Waals surface area contributed by atoms with E-state index in [1.54, 1.807) is 17.9 Å². The Labute approximate surface area is 198 Å². The first-order valence-electron chi connectivity index (χ1n) is 11.6. The Balaban J connectivity index is 1.39. The summed E-state index contributed by atoms with van der Waals surface area (Å²) in [5, 5.41) is 7.68. The van der Waals surface area contributed by atoms with Crippen molar-refractivity contribution in [1.82, 2.24) is 20.0 Å². The number of benzene rings is 1. The van der Waals surface area contributed by atoms with Gasteiger partial charge in [0.05, 0.1) is 10.9 Å². The van der Waals surface area contributed by atoms with E-state index in [2.05, 4.69) is 15.3 Å². The second-order valence-electron chi connectivity index (χ2n) is 8.11. The van der Waals surface area contributed by atoms with E-state index < -0.39 is 18.0 Å². The number of methoxy groups -OCH3 is 1. The molecule has 0 unspecified atom stereocenters. The lowest BCUT2D eigenvalue weighted by Crippen LogP contribution is -2.39. The van der Waals surface area contributed by atoms with Crippen LogP contribution in [0.4, 0.5) is 4.79 Å². The molecule has 0 atom stereocenters. The first-order valence-corrected chi connectivity index (χ1v) is 11.6. The summed E-state index contributed by atoms with van der Waals surface area (Å²) in [5.41, 5.74) is 0.698. The highest BCUT2D eigenvalue weighted by Gasteiger charge is 2.20. The molecule has 1 aromatic heterocycles. The maximum Gasteiger partial charge on any atom is 0.415 e. The van der Waals surface area contributed by atoms with E-state index in [4.69, 9.17) is 14.2 Å². The summed E-state index contributed by atoms with van der Waals surface area (Å²) in [7, 11) is 1.70. The quantitative estimate of drug-likeness (QED) is 0.243. The van der Waals surface area contributed by atoms with Gasteiger partial charge in [0.25, 0.3) is 0 Å². The molecule has 1 aliphatic rings. The van der Waals surface area contributed by atoms with Gasteiger partial charge in [-0.1, -0.05) is 12.1 Å². The van der Waals surface area contributed by atoms with Crippen LogP contribution in [0.25, 0.3) is 10.9 Å². The fourth-order valence-electron chi connectivity index (χ4n) is 3.88. The molecule has 0 spiro atoms. The fourth-order valence-corrected chi connectivity index (χ4v) is 3.88. The molecule has 10 nitrogen and oxygen atoms in total. The third-order valence-corrected chi connectivity index (χ3v) is 5.71. The van der Waals surface area contributed by atoms with Crippen LogP contribution in [0, 0.1) is 5.92 Å². The Kier molecular flexibility index (Phi) is 9.60. The van der Waals surface area contributed by atoms with Gasteiger partial charge >= 0.3 is 18.0 Å². The van der Waals surface area contributed by atoms with Gasteiger partial charge in [-0.2, -0.15) is 5.10 Å². The van der Waals surface area contributed by atoms with Crippen LogP contribution in [0.3, 0.4) is 0 Å². The van der Waals surface area contributed by atoms with Gasteiger partial charge in [0.15, 0.2) is 0 Å². The number of nitrogens with one attached hydrogen (secondary N) is 1. The Hall–Kier alpha value is -3.24. The summed E-state index contributed by atoms with van der Waals surface area (Å²) in [5.74, 6) is -1.08. The van der Waals surface area contributed by atoms with Gasteiger partial charge in [0, 0.05) is 45.5 Å². The monoisotopic (exact) mass is 472 g/mol. The lowest BCUT2D eigenvalue weighted by Gasteiger charge is -2.31. The van der Waals surface area contributed by atoms with Crippen LogP contribution in [0.1, 0.15) is 26.2 Å². The topological polar surface area (TPSA) is 112 Å². The number of alkyl carbamates (subject to hydrolysis) is 1. The summed E-state index contributed by atoms with van der Waals surface area (Å²) in [6.07, 6.45) is 3.91. The molecular formula is C24H32N4O6. The molecule has 1 aromatic carbocycles. The van der Waals surface area contributed by atoms with Crippen LogP contribution in [0.15, 0.2) is 36.4 Å². The molecule has 1 saturated heterocycles. The van der Waals surface area contributed by atoms with E-state index in [1.165, 1.54) is 0 Å². The summed E-state index contributed by atoms with van der Waals surface area (Å²) in [6.45, 7) is 6.54. The number of amides is 1. The van der Waals surface area contributed by atoms with Gasteiger partial charge in [-0.05, 0) is 57.3 Å². The number of aromatic nitrogens is 2. The zero-order valence-electron chi connectivity index (χ0n) is 19.7. The number of hydrogen-bond acceptors (Lipinski definition) is 8. The largest absolute Gasteiger partial charge is 0.415 e. The predicted octanol–water partition coefficient (Wildman–Crippen LogP) is 2.52. The first-order chi connectivity index (χ1) is 16.5. The maximum absolute atomic E-state index is 12.2. The number of fused-ring (bicyclic) bond motifs is 1. The van der Waals surface area contributed by atoms with Crippen molar-refractivity contribution >= 4 is 28.9 Å². The average molecular weight is 473 g/mol. The Morgan fingerprint density at radius 3 is 2.62 bits per heavy atom. The normalized spacial score (nSPS) is 15.0. The number of carbonyl (C=O) groups excluding carboxylic acids is 3. The van der Waals surface area contributed by atoms with Gasteiger partial charge < -0.3 is 24.4 Å². The van der Waals surface area contributed by atoms with Crippen molar-refractivity contribution in [2.24, 2.45) is 5.92 Å². The van der Waals surface area contributed by atoms with Crippen LogP contribution in [0.2, 0.25) is 0 Å². The van der Waals surface area contributed by atoms with Crippen LogP contribution >= 0.6 is 0 Å². The van der Waals surface area contributed by atoms with Crippen LogP contribution in [0.5, 0.6) is 5.88 Å². The minimum absolute atomic E-state index is 0.295. The molecule has 1 N–H and O–H groups in total. The van der Waals surface area contributed by atoms with E-state index >= 15 is 0 Å². The standard InChI is InChI=1S/C24H32N4O6/c1-3-28-23(19-7-4-5-8-20(19)26-28)33-21(29)9-10-22(30)34-24(31)25-17-18-11-14-27(15-12-18)13-6-16-32-2/h4-5,7-10,18H,3,6,11-17H2,1-2H3,(H,25,31)/b10-9+. The summed E-state index contributed by atoms with van der Waals surface area (Å²) < 4.78 is 16.7. The van der Waals surface area contributed by atoms with Crippen molar-refractivity contribution in [3.05, 3.63) is 36.4 Å². The Morgan fingerprint density at radius 1 is 1.15 bits per heavy atom. The highest BCUT2D eigenvalue weighted by molar-refractivity contribution is 5.97. The molecule has 0 aliphatic carbocycles. The minimum atomic E-state index is -0.948. The summed E-state index contributed by atoms with van der Waals surface area (Å²) in [6, 6.07) is 7.27. The van der Waals surface area contributed by atoms with E-state index in [9.17, 15) is 14.4 Å². The lowest BCUT2D eigenvalue weighted by molar-refractivity contribution is -0.133. The van der Waals surface area contributed by atoms with Crippen molar-refractivity contribution < 1.29 is 28.6 Å². The molecule has 0 radical (unpaired) electrons. The van der Waals surface area contributed by atoms with Gasteiger partial charge in [-0.15, -0.1) is 0 Å². The molecule has 1 amide bonds. The number of aryl methyl sites for hydroxylation is 1.